The van der Waals surface area contributed by atoms with Gasteiger partial charge in [-0.25, -0.2) is 4.98 Å². The van der Waals surface area contributed by atoms with E-state index in [-0.39, 0.29) is 0 Å². The Morgan fingerprint density at radius 2 is 2.33 bits per heavy atom. The number of imidazole rings is 1. The summed E-state index contributed by atoms with van der Waals surface area (Å²) < 4.78 is 0. The molecule has 0 saturated carbocycles. The number of rotatable bonds is 5. The van der Waals surface area contributed by atoms with Crippen molar-refractivity contribution in [3.63, 3.8) is 0 Å². The lowest BCUT2D eigenvalue weighted by Gasteiger charge is -2.07. The largest absolute Gasteiger partial charge is 0.384 e. The molecule has 2 rings (SSSR count). The molecule has 1 aromatic heterocycles. The first-order valence-corrected chi connectivity index (χ1v) is 6.09. The van der Waals surface area contributed by atoms with Crippen molar-refractivity contribution in [2.45, 2.75) is 12.8 Å². The summed E-state index contributed by atoms with van der Waals surface area (Å²) in [6.45, 7) is 0.812. The Balaban J connectivity index is 1.82. The molecule has 1 aromatic carbocycles. The van der Waals surface area contributed by atoms with Gasteiger partial charge in [-0.1, -0.05) is 11.6 Å². The van der Waals surface area contributed by atoms with E-state index in [0.29, 0.717) is 10.6 Å². The third kappa shape index (κ3) is 3.25. The lowest BCUT2D eigenvalue weighted by atomic mass is 10.2. The van der Waals surface area contributed by atoms with Crippen LogP contribution in [0, 0.1) is 11.3 Å². The highest BCUT2D eigenvalue weighted by Gasteiger charge is 2.01. The number of benzene rings is 1. The minimum atomic E-state index is 0.570. The van der Waals surface area contributed by atoms with Gasteiger partial charge in [-0.05, 0) is 24.6 Å². The topological polar surface area (TPSA) is 64.5 Å². The molecule has 0 radical (unpaired) electrons. The summed E-state index contributed by atoms with van der Waals surface area (Å²) in [6, 6.07) is 7.30. The summed E-state index contributed by atoms with van der Waals surface area (Å²) in [4.78, 5) is 7.22. The first kappa shape index (κ1) is 12.5. The molecule has 2 N–H and O–H groups in total. The minimum Gasteiger partial charge on any atom is -0.384 e. The molecular formula is C13H13ClN4. The standard InChI is InChI=1S/C13H13ClN4/c14-11-8-10(9-15)3-4-12(11)16-5-1-2-13-17-6-7-18-13/h3-4,6-8,16H,1-2,5H2,(H,17,18). The lowest BCUT2D eigenvalue weighted by Crippen LogP contribution is -2.04. The zero-order chi connectivity index (χ0) is 12.8. The number of halogens is 1. The highest BCUT2D eigenvalue weighted by Crippen LogP contribution is 2.22. The highest BCUT2D eigenvalue weighted by molar-refractivity contribution is 6.33. The Hall–Kier alpha value is -1.99. The van der Waals surface area contributed by atoms with Gasteiger partial charge < -0.3 is 10.3 Å². The highest BCUT2D eigenvalue weighted by atomic mass is 35.5. The van der Waals surface area contributed by atoms with Crippen molar-refractivity contribution in [1.82, 2.24) is 9.97 Å². The van der Waals surface area contributed by atoms with Crippen LogP contribution in [0.2, 0.25) is 5.02 Å². The van der Waals surface area contributed by atoms with E-state index in [4.69, 9.17) is 16.9 Å². The molecule has 18 heavy (non-hydrogen) atoms. The fourth-order valence-corrected chi connectivity index (χ4v) is 1.89. The minimum absolute atomic E-state index is 0.570. The molecule has 0 atom stereocenters. The second-order valence-electron chi connectivity index (χ2n) is 3.87. The molecule has 0 unspecified atom stereocenters. The molecule has 92 valence electrons. The van der Waals surface area contributed by atoms with Crippen LogP contribution in [0.15, 0.2) is 30.6 Å². The molecule has 0 fully saturated rings. The van der Waals surface area contributed by atoms with Crippen molar-refractivity contribution < 1.29 is 0 Å². The SMILES string of the molecule is N#Cc1ccc(NCCCc2ncc[nH]2)c(Cl)c1. The van der Waals surface area contributed by atoms with Crippen molar-refractivity contribution in [3.8, 4) is 6.07 Å². The third-order valence-electron chi connectivity index (χ3n) is 2.56. The van der Waals surface area contributed by atoms with Crippen LogP contribution in [0.1, 0.15) is 17.8 Å². The Labute approximate surface area is 111 Å². The summed E-state index contributed by atoms with van der Waals surface area (Å²) >= 11 is 6.05. The number of nitriles is 1. The molecule has 0 aliphatic heterocycles. The summed E-state index contributed by atoms with van der Waals surface area (Å²) in [5.74, 6) is 0.989. The third-order valence-corrected chi connectivity index (χ3v) is 2.87. The molecule has 0 bridgehead atoms. The van der Waals surface area contributed by atoms with Gasteiger partial charge in [-0.2, -0.15) is 5.26 Å². The van der Waals surface area contributed by atoms with E-state index in [9.17, 15) is 0 Å². The number of hydrogen-bond donors (Lipinski definition) is 2. The normalized spacial score (nSPS) is 10.0. The monoisotopic (exact) mass is 260 g/mol. The number of nitrogens with one attached hydrogen (secondary N) is 2. The maximum Gasteiger partial charge on any atom is 0.106 e. The zero-order valence-electron chi connectivity index (χ0n) is 9.78. The van der Waals surface area contributed by atoms with Crippen LogP contribution >= 0.6 is 11.6 Å². The maximum atomic E-state index is 8.73. The molecule has 1 heterocycles. The van der Waals surface area contributed by atoms with Gasteiger partial charge in [0.05, 0.1) is 22.3 Å². The van der Waals surface area contributed by atoms with Gasteiger partial charge in [-0.15, -0.1) is 0 Å². The molecule has 5 heteroatoms. The van der Waals surface area contributed by atoms with Gasteiger partial charge in [0, 0.05) is 25.4 Å². The Kier molecular flexibility index (Phi) is 4.21. The van der Waals surface area contributed by atoms with Crippen LogP contribution in [0.5, 0.6) is 0 Å². The number of anilines is 1. The van der Waals surface area contributed by atoms with Gasteiger partial charge in [0.25, 0.3) is 0 Å². The number of hydrogen-bond acceptors (Lipinski definition) is 3. The predicted molar refractivity (Wildman–Crippen MR) is 71.6 cm³/mol. The van der Waals surface area contributed by atoms with Crippen LogP contribution in [-0.4, -0.2) is 16.5 Å². The van der Waals surface area contributed by atoms with Gasteiger partial charge in [0.15, 0.2) is 0 Å². The van der Waals surface area contributed by atoms with Crippen molar-refractivity contribution in [2.24, 2.45) is 0 Å². The second-order valence-corrected chi connectivity index (χ2v) is 4.28. The van der Waals surface area contributed by atoms with E-state index in [0.717, 1.165) is 30.9 Å². The first-order valence-electron chi connectivity index (χ1n) is 5.71. The number of aromatic amines is 1. The van der Waals surface area contributed by atoms with Crippen molar-refractivity contribution in [1.29, 1.82) is 5.26 Å². The van der Waals surface area contributed by atoms with Crippen LogP contribution in [-0.2, 0) is 6.42 Å². The average Bonchev–Trinajstić information content (AvgIpc) is 2.89. The van der Waals surface area contributed by atoms with Crippen LogP contribution < -0.4 is 5.32 Å². The quantitative estimate of drug-likeness (QED) is 0.813. The van der Waals surface area contributed by atoms with Gasteiger partial charge in [0.1, 0.15) is 5.82 Å². The lowest BCUT2D eigenvalue weighted by molar-refractivity contribution is 0.816. The molecular weight excluding hydrogens is 248 g/mol. The number of aromatic nitrogens is 2. The summed E-state index contributed by atoms with van der Waals surface area (Å²) in [5.41, 5.74) is 1.43. The second kappa shape index (κ2) is 6.08. The van der Waals surface area contributed by atoms with Crippen molar-refractivity contribution >= 4 is 17.3 Å². The van der Waals surface area contributed by atoms with Gasteiger partial charge >= 0.3 is 0 Å². The van der Waals surface area contributed by atoms with Gasteiger partial charge in [0.2, 0.25) is 0 Å². The predicted octanol–water partition coefficient (Wildman–Crippen LogP) is 2.98. The maximum absolute atomic E-state index is 8.73. The van der Waals surface area contributed by atoms with E-state index in [1.54, 1.807) is 18.3 Å². The van der Waals surface area contributed by atoms with Crippen LogP contribution in [0.3, 0.4) is 0 Å². The van der Waals surface area contributed by atoms with Crippen molar-refractivity contribution in [3.05, 3.63) is 47.0 Å². The van der Waals surface area contributed by atoms with Crippen LogP contribution in [0.25, 0.3) is 0 Å². The number of H-pyrrole nitrogens is 1. The van der Waals surface area contributed by atoms with E-state index in [1.807, 2.05) is 12.3 Å². The van der Waals surface area contributed by atoms with Crippen molar-refractivity contribution in [2.75, 3.05) is 11.9 Å². The van der Waals surface area contributed by atoms with E-state index >= 15 is 0 Å². The fraction of sp³-hybridized carbons (Fsp3) is 0.231. The summed E-state index contributed by atoms with van der Waals surface area (Å²) in [6.07, 6.45) is 5.43. The molecule has 0 spiro atoms. The Morgan fingerprint density at radius 3 is 3.00 bits per heavy atom. The Morgan fingerprint density at radius 1 is 1.44 bits per heavy atom. The molecule has 2 aromatic rings. The van der Waals surface area contributed by atoms with E-state index in [2.05, 4.69) is 21.4 Å². The zero-order valence-corrected chi connectivity index (χ0v) is 10.5. The number of aryl methyl sites for hydroxylation is 1. The Bertz CT molecular complexity index is 543. The smallest absolute Gasteiger partial charge is 0.106 e. The summed E-state index contributed by atoms with van der Waals surface area (Å²) in [7, 11) is 0. The van der Waals surface area contributed by atoms with E-state index < -0.39 is 0 Å². The average molecular weight is 261 g/mol. The van der Waals surface area contributed by atoms with E-state index in [1.165, 1.54) is 0 Å². The number of nitrogens with zero attached hydrogens (tertiary/aromatic N) is 2. The van der Waals surface area contributed by atoms with Gasteiger partial charge in [-0.3, -0.25) is 0 Å². The molecule has 4 nitrogen and oxygen atoms in total. The first-order chi connectivity index (χ1) is 8.79. The summed E-state index contributed by atoms with van der Waals surface area (Å²) in [5, 5.41) is 12.6. The fourth-order valence-electron chi connectivity index (χ4n) is 1.64. The molecule has 0 aliphatic rings. The molecule has 0 saturated heterocycles. The molecule has 0 aliphatic carbocycles. The molecule has 0 amide bonds. The van der Waals surface area contributed by atoms with Crippen LogP contribution in [0.4, 0.5) is 5.69 Å².